The van der Waals surface area contributed by atoms with Crippen LogP contribution in [0.1, 0.15) is 80.6 Å². The van der Waals surface area contributed by atoms with Crippen LogP contribution in [0.4, 0.5) is 5.82 Å². The van der Waals surface area contributed by atoms with Gasteiger partial charge in [0, 0.05) is 50.0 Å². The van der Waals surface area contributed by atoms with Crippen LogP contribution in [0.3, 0.4) is 0 Å². The lowest BCUT2D eigenvalue weighted by atomic mass is 9.63. The van der Waals surface area contributed by atoms with E-state index in [2.05, 4.69) is 44.4 Å². The van der Waals surface area contributed by atoms with Crippen LogP contribution < -0.4 is 11.1 Å². The van der Waals surface area contributed by atoms with Crippen molar-refractivity contribution in [2.45, 2.75) is 75.9 Å². The first-order chi connectivity index (χ1) is 19.4. The first-order valence-electron chi connectivity index (χ1n) is 15.3. The lowest BCUT2D eigenvalue weighted by Crippen LogP contribution is -2.58. The largest absolute Gasteiger partial charge is 0.390 e. The number of hydrogen-bond acceptors (Lipinski definition) is 7. The summed E-state index contributed by atoms with van der Waals surface area (Å²) in [6.07, 6.45) is 7.64. The number of rotatable bonds is 7. The SMILES string of the molecule is CC.Nc1ncc(-c2ccc(C3CCN(CCN4CCOCC4)C3)cc2)cc1C(=O)NC12CCC(O)(CC1)CC2. The van der Waals surface area contributed by atoms with E-state index in [4.69, 9.17) is 10.5 Å². The van der Waals surface area contributed by atoms with Crippen molar-refractivity contribution in [2.24, 2.45) is 0 Å². The Balaban J connectivity index is 0.00000158. The minimum atomic E-state index is -0.529. The Morgan fingerprint density at radius 3 is 2.33 bits per heavy atom. The second kappa shape index (κ2) is 12.6. The Labute approximate surface area is 239 Å². The molecule has 3 heterocycles. The van der Waals surface area contributed by atoms with Gasteiger partial charge in [-0.15, -0.1) is 0 Å². The van der Waals surface area contributed by atoms with Crippen LogP contribution in [0.15, 0.2) is 36.5 Å². The fourth-order valence-corrected chi connectivity index (χ4v) is 6.84. The van der Waals surface area contributed by atoms with E-state index in [1.807, 2.05) is 19.9 Å². The summed E-state index contributed by atoms with van der Waals surface area (Å²) in [5.74, 6) is 0.650. The van der Waals surface area contributed by atoms with E-state index in [-0.39, 0.29) is 17.3 Å². The second-order valence-electron chi connectivity index (χ2n) is 12.0. The topological polar surface area (TPSA) is 104 Å². The third-order valence-corrected chi connectivity index (χ3v) is 9.57. The number of morpholine rings is 1. The van der Waals surface area contributed by atoms with Gasteiger partial charge in [0.25, 0.3) is 5.91 Å². The number of anilines is 1. The van der Waals surface area contributed by atoms with Crippen molar-refractivity contribution in [2.75, 3.05) is 58.2 Å². The summed E-state index contributed by atoms with van der Waals surface area (Å²) in [7, 11) is 0. The number of nitrogens with two attached hydrogens (primary N) is 1. The average Bonchev–Trinajstić information content (AvgIpc) is 3.48. The average molecular weight is 550 g/mol. The molecule has 0 radical (unpaired) electrons. The van der Waals surface area contributed by atoms with Gasteiger partial charge in [0.1, 0.15) is 5.82 Å². The van der Waals surface area contributed by atoms with E-state index in [1.165, 1.54) is 12.0 Å². The number of nitrogens with one attached hydrogen (secondary N) is 1. The van der Waals surface area contributed by atoms with Gasteiger partial charge in [-0.25, -0.2) is 4.98 Å². The van der Waals surface area contributed by atoms with Crippen LogP contribution in [-0.2, 0) is 4.74 Å². The Hall–Kier alpha value is -2.52. The second-order valence-corrected chi connectivity index (χ2v) is 12.0. The number of nitrogens with zero attached hydrogens (tertiary/aromatic N) is 3. The molecule has 3 aliphatic carbocycles. The molecule has 1 aromatic carbocycles. The van der Waals surface area contributed by atoms with Crippen molar-refractivity contribution >= 4 is 11.7 Å². The van der Waals surface area contributed by atoms with Crippen LogP contribution >= 0.6 is 0 Å². The zero-order valence-corrected chi connectivity index (χ0v) is 24.3. The summed E-state index contributed by atoms with van der Waals surface area (Å²) in [5.41, 5.74) is 9.13. The van der Waals surface area contributed by atoms with Gasteiger partial charge in [0.2, 0.25) is 0 Å². The molecule has 2 aliphatic heterocycles. The van der Waals surface area contributed by atoms with Crippen LogP contribution in [0.25, 0.3) is 11.1 Å². The molecule has 0 spiro atoms. The maximum atomic E-state index is 13.3. The van der Waals surface area contributed by atoms with Crippen molar-refractivity contribution in [1.29, 1.82) is 0 Å². The van der Waals surface area contributed by atoms with Crippen molar-refractivity contribution < 1.29 is 14.6 Å². The number of fused-ring (bicyclic) bond motifs is 3. The van der Waals surface area contributed by atoms with Crippen molar-refractivity contribution in [1.82, 2.24) is 20.1 Å². The number of benzene rings is 1. The van der Waals surface area contributed by atoms with E-state index < -0.39 is 5.60 Å². The van der Waals surface area contributed by atoms with Crippen molar-refractivity contribution in [3.63, 3.8) is 0 Å². The van der Waals surface area contributed by atoms with Gasteiger partial charge in [0.05, 0.1) is 24.4 Å². The molecule has 1 unspecified atom stereocenters. The summed E-state index contributed by atoms with van der Waals surface area (Å²) < 4.78 is 5.46. The summed E-state index contributed by atoms with van der Waals surface area (Å²) in [4.78, 5) is 22.7. The number of hydrogen-bond donors (Lipinski definition) is 3. The molecule has 8 heteroatoms. The number of carbonyl (C=O) groups is 1. The fraction of sp³-hybridized carbons (Fsp3) is 0.625. The van der Waals surface area contributed by atoms with E-state index in [0.29, 0.717) is 11.5 Å². The molecule has 2 aromatic rings. The summed E-state index contributed by atoms with van der Waals surface area (Å²) in [6.45, 7) is 12.3. The summed E-state index contributed by atoms with van der Waals surface area (Å²) in [6, 6.07) is 10.6. The van der Waals surface area contributed by atoms with Gasteiger partial charge >= 0.3 is 0 Å². The van der Waals surface area contributed by atoms with Crippen molar-refractivity contribution in [3.05, 3.63) is 47.7 Å². The van der Waals surface area contributed by atoms with Gasteiger partial charge in [-0.2, -0.15) is 0 Å². The lowest BCUT2D eigenvalue weighted by Gasteiger charge is -2.51. The molecule has 5 aliphatic rings. The maximum absolute atomic E-state index is 13.3. The van der Waals surface area contributed by atoms with Crippen molar-refractivity contribution in [3.8, 4) is 11.1 Å². The van der Waals surface area contributed by atoms with E-state index in [9.17, 15) is 9.90 Å². The Kier molecular flexibility index (Phi) is 9.10. The number of pyridine rings is 1. The zero-order chi connectivity index (χ0) is 28.2. The predicted molar refractivity (Wildman–Crippen MR) is 159 cm³/mol. The number of amides is 1. The van der Waals surface area contributed by atoms with Gasteiger partial charge in [-0.1, -0.05) is 38.1 Å². The zero-order valence-electron chi connectivity index (χ0n) is 24.3. The van der Waals surface area contributed by atoms with E-state index >= 15 is 0 Å². The molecule has 8 nitrogen and oxygen atoms in total. The Bertz CT molecular complexity index is 1120. The quantitative estimate of drug-likeness (QED) is 0.479. The van der Waals surface area contributed by atoms with Crippen LogP contribution in [0.5, 0.6) is 0 Å². The van der Waals surface area contributed by atoms with Gasteiger partial charge in [-0.05, 0) is 74.6 Å². The van der Waals surface area contributed by atoms with E-state index in [0.717, 1.165) is 102 Å². The first-order valence-corrected chi connectivity index (χ1v) is 15.3. The number of ether oxygens (including phenoxy) is 1. The highest BCUT2D eigenvalue weighted by molar-refractivity contribution is 5.99. The molecular formula is C32H47N5O3. The molecule has 1 atom stereocenters. The highest BCUT2D eigenvalue weighted by Gasteiger charge is 2.48. The standard InChI is InChI=1S/C30H41N5O3.C2H6/c31-27-26(28(36)33-29-6-9-30(37,10-7-29)11-8-29)19-25(20-32-27)23-3-1-22(2-4-23)24-5-12-35(21-24)14-13-34-15-17-38-18-16-34;1-2/h1-4,19-20,24,37H,5-18,21H2,(H2,31,32)(H,33,36);1-2H3. The van der Waals surface area contributed by atoms with Gasteiger partial charge < -0.3 is 25.8 Å². The van der Waals surface area contributed by atoms with E-state index in [1.54, 1.807) is 6.20 Å². The normalized spacial score (nSPS) is 28.6. The molecule has 2 bridgehead atoms. The van der Waals surface area contributed by atoms with Gasteiger partial charge in [0.15, 0.2) is 0 Å². The predicted octanol–water partition coefficient (Wildman–Crippen LogP) is 4.05. The third-order valence-electron chi connectivity index (χ3n) is 9.57. The smallest absolute Gasteiger partial charge is 0.255 e. The molecule has 2 saturated heterocycles. The highest BCUT2D eigenvalue weighted by atomic mass is 16.5. The molecule has 218 valence electrons. The minimum Gasteiger partial charge on any atom is -0.390 e. The molecule has 4 N–H and O–H groups in total. The van der Waals surface area contributed by atoms with Crippen LogP contribution in [0, 0.1) is 0 Å². The lowest BCUT2D eigenvalue weighted by molar-refractivity contribution is -0.0702. The number of likely N-dealkylation sites (tertiary alicyclic amines) is 1. The molecular weight excluding hydrogens is 502 g/mol. The maximum Gasteiger partial charge on any atom is 0.255 e. The molecule has 3 saturated carbocycles. The van der Waals surface area contributed by atoms with Crippen LogP contribution in [0.2, 0.25) is 0 Å². The Morgan fingerprint density at radius 2 is 1.65 bits per heavy atom. The Morgan fingerprint density at radius 1 is 1.00 bits per heavy atom. The monoisotopic (exact) mass is 549 g/mol. The molecule has 40 heavy (non-hydrogen) atoms. The summed E-state index contributed by atoms with van der Waals surface area (Å²) >= 11 is 0. The molecule has 1 aromatic heterocycles. The number of carbonyl (C=O) groups excluding carboxylic acids is 1. The molecule has 5 fully saturated rings. The number of aliphatic hydroxyl groups is 1. The number of aromatic nitrogens is 1. The first kappa shape index (κ1) is 29.0. The number of nitrogen functional groups attached to an aromatic ring is 1. The molecule has 1 amide bonds. The summed E-state index contributed by atoms with van der Waals surface area (Å²) in [5, 5.41) is 13.8. The van der Waals surface area contributed by atoms with Crippen LogP contribution in [-0.4, -0.2) is 89.4 Å². The minimum absolute atomic E-state index is 0.163. The fourth-order valence-electron chi connectivity index (χ4n) is 6.84. The third kappa shape index (κ3) is 6.51. The van der Waals surface area contributed by atoms with Gasteiger partial charge in [-0.3, -0.25) is 9.69 Å². The molecule has 7 rings (SSSR count). The highest BCUT2D eigenvalue weighted by Crippen LogP contribution is 2.46.